The molecule has 1 unspecified atom stereocenters. The second kappa shape index (κ2) is 9.15. The van der Waals surface area contributed by atoms with Crippen LogP contribution in [0.2, 0.25) is 0 Å². The summed E-state index contributed by atoms with van der Waals surface area (Å²) in [7, 11) is -4.03. The fourth-order valence-corrected chi connectivity index (χ4v) is 5.10. The molecule has 0 aliphatic rings. The topological polar surface area (TPSA) is 105 Å². The molecule has 1 atom stereocenters. The van der Waals surface area contributed by atoms with Gasteiger partial charge in [0.1, 0.15) is 10.5 Å². The maximum absolute atomic E-state index is 12.6. The highest BCUT2D eigenvalue weighted by Crippen LogP contribution is 2.31. The van der Waals surface area contributed by atoms with E-state index in [0.29, 0.717) is 21.7 Å². The van der Waals surface area contributed by atoms with E-state index in [-0.39, 0.29) is 16.4 Å². The Labute approximate surface area is 185 Å². The van der Waals surface area contributed by atoms with Crippen LogP contribution in [-0.4, -0.2) is 20.1 Å². The van der Waals surface area contributed by atoms with Crippen LogP contribution < -0.4 is 15.5 Å². The number of anilines is 1. The summed E-state index contributed by atoms with van der Waals surface area (Å²) in [6, 6.07) is 11.1. The fourth-order valence-electron chi connectivity index (χ4n) is 3.32. The van der Waals surface area contributed by atoms with Crippen molar-refractivity contribution in [3.8, 4) is 0 Å². The number of nitrogens with one attached hydrogen (secondary N) is 2. The van der Waals surface area contributed by atoms with E-state index in [1.54, 1.807) is 24.3 Å². The van der Waals surface area contributed by atoms with E-state index in [2.05, 4.69) is 5.32 Å². The number of rotatable bonds is 7. The van der Waals surface area contributed by atoms with Crippen LogP contribution in [0.15, 0.2) is 61.7 Å². The Morgan fingerprint density at radius 3 is 2.58 bits per heavy atom. The van der Waals surface area contributed by atoms with Crippen molar-refractivity contribution in [3.63, 3.8) is 0 Å². The zero-order chi connectivity index (χ0) is 22.8. The summed E-state index contributed by atoms with van der Waals surface area (Å²) in [5.41, 5.74) is 2.30. The molecule has 9 heteroatoms. The number of hydrogen-bond donors (Lipinski definition) is 2. The van der Waals surface area contributed by atoms with E-state index in [0.717, 1.165) is 23.8 Å². The van der Waals surface area contributed by atoms with Crippen LogP contribution in [0.3, 0.4) is 0 Å². The summed E-state index contributed by atoms with van der Waals surface area (Å²) < 4.78 is 33.2. The van der Waals surface area contributed by atoms with Crippen molar-refractivity contribution in [3.05, 3.63) is 63.8 Å². The molecule has 0 fully saturated rings. The van der Waals surface area contributed by atoms with Crippen molar-refractivity contribution in [2.24, 2.45) is 0 Å². The monoisotopic (exact) mass is 460 g/mol. The molecule has 0 bridgehead atoms. The third kappa shape index (κ3) is 5.11. The average molecular weight is 461 g/mol. The number of carbonyl (C=O) groups is 1. The molecule has 3 aromatic rings. The number of carbonyl (C=O) groups excluding carboxylic acids is 1. The van der Waals surface area contributed by atoms with Crippen LogP contribution in [0.4, 0.5) is 5.69 Å². The number of aryl methyl sites for hydroxylation is 1. The number of fused-ring (bicyclic) bond motifs is 1. The molecular formula is C22H24N2O5S2. The van der Waals surface area contributed by atoms with Gasteiger partial charge in [-0.25, -0.2) is 13.1 Å². The van der Waals surface area contributed by atoms with Crippen LogP contribution in [0.1, 0.15) is 37.9 Å². The molecule has 2 N–H and O–H groups in total. The minimum Gasteiger partial charge on any atom is -0.449 e. The van der Waals surface area contributed by atoms with Crippen LogP contribution in [0.25, 0.3) is 11.0 Å². The molecule has 1 heterocycles. The van der Waals surface area contributed by atoms with Gasteiger partial charge in [-0.15, -0.1) is 0 Å². The van der Waals surface area contributed by atoms with Crippen LogP contribution in [0.5, 0.6) is 0 Å². The third-order valence-corrected chi connectivity index (χ3v) is 6.82. The summed E-state index contributed by atoms with van der Waals surface area (Å²) in [5, 5.41) is 4.21. The van der Waals surface area contributed by atoms with E-state index >= 15 is 0 Å². The number of sulfonamides is 1. The van der Waals surface area contributed by atoms with Gasteiger partial charge in [0.15, 0.2) is 10.5 Å². The number of benzene rings is 2. The Kier molecular flexibility index (Phi) is 6.76. The maximum atomic E-state index is 12.6. The van der Waals surface area contributed by atoms with Crippen molar-refractivity contribution in [2.75, 3.05) is 11.1 Å². The summed E-state index contributed by atoms with van der Waals surface area (Å²) in [6.45, 7) is 6.86. The fraction of sp³-hybridized carbons (Fsp3) is 0.273. The second-order valence-electron chi connectivity index (χ2n) is 7.12. The van der Waals surface area contributed by atoms with Gasteiger partial charge in [0.25, 0.3) is 10.0 Å². The number of hydrogen-bond acceptors (Lipinski definition) is 7. The molecule has 3 rings (SSSR count). The largest absolute Gasteiger partial charge is 0.449 e. The highest BCUT2D eigenvalue weighted by molar-refractivity contribution is 7.99. The Morgan fingerprint density at radius 1 is 1.19 bits per heavy atom. The number of thioether (sulfide) groups is 1. The molecule has 0 saturated carbocycles. The summed E-state index contributed by atoms with van der Waals surface area (Å²) >= 11 is 1.44. The number of para-hydroxylation sites is 1. The van der Waals surface area contributed by atoms with Crippen molar-refractivity contribution < 1.29 is 17.6 Å². The van der Waals surface area contributed by atoms with Crippen LogP contribution in [-0.2, 0) is 14.8 Å². The lowest BCUT2D eigenvalue weighted by molar-refractivity contribution is -0.117. The van der Waals surface area contributed by atoms with Crippen LogP contribution >= 0.6 is 11.8 Å². The van der Waals surface area contributed by atoms with E-state index < -0.39 is 15.9 Å². The summed E-state index contributed by atoms with van der Waals surface area (Å²) in [4.78, 5) is 23.9. The van der Waals surface area contributed by atoms with Crippen molar-refractivity contribution in [1.29, 1.82) is 0 Å². The van der Waals surface area contributed by atoms with E-state index in [4.69, 9.17) is 4.42 Å². The molecule has 0 saturated heterocycles. The van der Waals surface area contributed by atoms with Crippen molar-refractivity contribution >= 4 is 44.3 Å². The first-order valence-electron chi connectivity index (χ1n) is 9.72. The van der Waals surface area contributed by atoms with Crippen LogP contribution in [0, 0.1) is 6.92 Å². The molecule has 0 aliphatic heterocycles. The first kappa shape index (κ1) is 22.9. The van der Waals surface area contributed by atoms with Gasteiger partial charge in [-0.1, -0.05) is 36.9 Å². The molecule has 2 aromatic carbocycles. The van der Waals surface area contributed by atoms with E-state index in [1.165, 1.54) is 23.9 Å². The molecule has 1 amide bonds. The standard InChI is InChI=1S/C22H24N2O5S2/c1-5-30-21-12-19(26)17-11-13(2)10-16(22(17)29-21)14(3)23-18-8-6-7-9-20(18)31(27,28)24-15(4)25/h6-12,14,23H,5H2,1-4H3,(H,24,25). The van der Waals surface area contributed by atoms with Gasteiger partial charge in [0.05, 0.1) is 17.1 Å². The highest BCUT2D eigenvalue weighted by atomic mass is 32.2. The molecule has 0 spiro atoms. The minimum absolute atomic E-state index is 0.0438. The zero-order valence-electron chi connectivity index (χ0n) is 17.7. The number of amides is 1. The smallest absolute Gasteiger partial charge is 0.266 e. The molecule has 31 heavy (non-hydrogen) atoms. The van der Waals surface area contributed by atoms with E-state index in [1.807, 2.05) is 31.6 Å². The predicted octanol–water partition coefficient (Wildman–Crippen LogP) is 4.21. The lowest BCUT2D eigenvalue weighted by Crippen LogP contribution is -2.29. The highest BCUT2D eigenvalue weighted by Gasteiger charge is 2.22. The molecule has 164 valence electrons. The van der Waals surface area contributed by atoms with Gasteiger partial charge in [-0.05, 0) is 43.4 Å². The van der Waals surface area contributed by atoms with Gasteiger partial charge in [-0.3, -0.25) is 9.59 Å². The van der Waals surface area contributed by atoms with Gasteiger partial charge in [0, 0.05) is 18.6 Å². The quantitative estimate of drug-likeness (QED) is 0.509. The van der Waals surface area contributed by atoms with Gasteiger partial charge >= 0.3 is 0 Å². The summed E-state index contributed by atoms with van der Waals surface area (Å²) in [6.07, 6.45) is 0. The van der Waals surface area contributed by atoms with E-state index in [9.17, 15) is 18.0 Å². The van der Waals surface area contributed by atoms with Crippen molar-refractivity contribution in [1.82, 2.24) is 4.72 Å². The lowest BCUT2D eigenvalue weighted by atomic mass is 10.0. The zero-order valence-corrected chi connectivity index (χ0v) is 19.3. The lowest BCUT2D eigenvalue weighted by Gasteiger charge is -2.20. The SMILES string of the molecule is CCSc1cc(=O)c2cc(C)cc(C(C)Nc3ccccc3S(=O)(=O)NC(C)=O)c2o1. The normalized spacial score (nSPS) is 12.5. The van der Waals surface area contributed by atoms with Crippen molar-refractivity contribution in [2.45, 2.75) is 43.7 Å². The Bertz CT molecular complexity index is 1300. The predicted molar refractivity (Wildman–Crippen MR) is 123 cm³/mol. The Morgan fingerprint density at radius 2 is 1.90 bits per heavy atom. The van der Waals surface area contributed by atoms with Gasteiger partial charge in [-0.2, -0.15) is 0 Å². The first-order valence-corrected chi connectivity index (χ1v) is 12.2. The van der Waals surface area contributed by atoms with Gasteiger partial charge < -0.3 is 9.73 Å². The second-order valence-corrected chi connectivity index (χ2v) is 10.0. The maximum Gasteiger partial charge on any atom is 0.266 e. The third-order valence-electron chi connectivity index (χ3n) is 4.56. The molecule has 0 radical (unpaired) electrons. The Hall–Kier alpha value is -2.78. The summed E-state index contributed by atoms with van der Waals surface area (Å²) in [5.74, 6) is 0.0907. The first-order chi connectivity index (χ1) is 14.6. The molecule has 1 aromatic heterocycles. The molecule has 7 nitrogen and oxygen atoms in total. The Balaban J connectivity index is 2.08. The van der Waals surface area contributed by atoms with Gasteiger partial charge in [0.2, 0.25) is 5.91 Å². The average Bonchev–Trinajstić information content (AvgIpc) is 2.67. The molecular weight excluding hydrogens is 436 g/mol. The molecule has 0 aliphatic carbocycles. The minimum atomic E-state index is -4.03.